The van der Waals surface area contributed by atoms with Gasteiger partial charge in [0, 0.05) is 0 Å². The molecule has 114 valence electrons. The van der Waals surface area contributed by atoms with Crippen LogP contribution in [0.25, 0.3) is 0 Å². The number of urea groups is 1. The quantitative estimate of drug-likeness (QED) is 0.795. The summed E-state index contributed by atoms with van der Waals surface area (Å²) in [7, 11) is 0. The molecule has 2 amide bonds. The number of rotatable bonds is 4. The molecule has 0 aliphatic heterocycles. The van der Waals surface area contributed by atoms with Gasteiger partial charge in [0.1, 0.15) is 0 Å². The van der Waals surface area contributed by atoms with Crippen molar-refractivity contribution in [2.45, 2.75) is 44.6 Å². The third-order valence-corrected chi connectivity index (χ3v) is 4.13. The van der Waals surface area contributed by atoms with E-state index < -0.39 is 17.5 Å². The first kappa shape index (κ1) is 15.6. The van der Waals surface area contributed by atoms with Crippen molar-refractivity contribution in [3.63, 3.8) is 0 Å². The highest BCUT2D eigenvalue weighted by Gasteiger charge is 2.37. The summed E-state index contributed by atoms with van der Waals surface area (Å²) in [6.07, 6.45) is 3.18. The zero-order chi connectivity index (χ0) is 15.5. The van der Waals surface area contributed by atoms with Gasteiger partial charge in [-0.25, -0.2) is 4.79 Å². The molecule has 21 heavy (non-hydrogen) atoms. The van der Waals surface area contributed by atoms with Gasteiger partial charge in [-0.3, -0.25) is 4.79 Å². The number of nitrogens with one attached hydrogen (secondary N) is 2. The van der Waals surface area contributed by atoms with E-state index in [4.69, 9.17) is 16.7 Å². The standard InChI is InChI=1S/C15H19ClN2O3/c1-10-4-5-11(16)12(8-10)17-14(21)18-15(9-13(19)20)6-2-3-7-15/h4-5,8H,2-3,6-7,9H2,1H3,(H,19,20)(H2,17,18,21). The number of carbonyl (C=O) groups excluding carboxylic acids is 1. The highest BCUT2D eigenvalue weighted by atomic mass is 35.5. The average molecular weight is 311 g/mol. The monoisotopic (exact) mass is 310 g/mol. The summed E-state index contributed by atoms with van der Waals surface area (Å²) < 4.78 is 0. The maximum atomic E-state index is 12.1. The van der Waals surface area contributed by atoms with E-state index in [-0.39, 0.29) is 6.42 Å². The lowest BCUT2D eigenvalue weighted by Gasteiger charge is -2.28. The zero-order valence-corrected chi connectivity index (χ0v) is 12.7. The van der Waals surface area contributed by atoms with Crippen molar-refractivity contribution in [3.05, 3.63) is 28.8 Å². The first-order chi connectivity index (χ1) is 9.90. The van der Waals surface area contributed by atoms with Crippen LogP contribution < -0.4 is 10.6 Å². The fourth-order valence-electron chi connectivity index (χ4n) is 2.82. The Balaban J connectivity index is 2.06. The van der Waals surface area contributed by atoms with Gasteiger partial charge < -0.3 is 15.7 Å². The van der Waals surface area contributed by atoms with Crippen LogP contribution in [0.1, 0.15) is 37.7 Å². The molecule has 0 bridgehead atoms. The summed E-state index contributed by atoms with van der Waals surface area (Å²) in [5, 5.41) is 15.0. The molecule has 0 radical (unpaired) electrons. The molecule has 0 atom stereocenters. The number of aliphatic carboxylic acids is 1. The van der Waals surface area contributed by atoms with Crippen molar-refractivity contribution in [2.24, 2.45) is 0 Å². The molecule has 6 heteroatoms. The molecule has 1 aliphatic carbocycles. The number of aryl methyl sites for hydroxylation is 1. The third kappa shape index (κ3) is 4.11. The Hall–Kier alpha value is -1.75. The molecule has 2 rings (SSSR count). The van der Waals surface area contributed by atoms with E-state index >= 15 is 0 Å². The minimum Gasteiger partial charge on any atom is -0.481 e. The number of hydrogen-bond donors (Lipinski definition) is 3. The van der Waals surface area contributed by atoms with E-state index in [1.165, 1.54) is 0 Å². The minimum absolute atomic E-state index is 0.0536. The highest BCUT2D eigenvalue weighted by Crippen LogP contribution is 2.33. The first-order valence-corrected chi connectivity index (χ1v) is 7.35. The minimum atomic E-state index is -0.897. The molecule has 0 heterocycles. The second-order valence-electron chi connectivity index (χ2n) is 5.62. The summed E-state index contributed by atoms with van der Waals surface area (Å²) in [6, 6.07) is 4.94. The fraction of sp³-hybridized carbons (Fsp3) is 0.467. The molecule has 1 saturated carbocycles. The van der Waals surface area contributed by atoms with Crippen molar-refractivity contribution in [1.82, 2.24) is 5.32 Å². The molecular weight excluding hydrogens is 292 g/mol. The maximum Gasteiger partial charge on any atom is 0.319 e. The number of hydrogen-bond acceptors (Lipinski definition) is 2. The molecule has 1 fully saturated rings. The Labute approximate surface area is 128 Å². The van der Waals surface area contributed by atoms with Crippen LogP contribution in [-0.2, 0) is 4.79 Å². The van der Waals surface area contributed by atoms with Gasteiger partial charge in [-0.05, 0) is 37.5 Å². The third-order valence-electron chi connectivity index (χ3n) is 3.80. The number of carboxylic acid groups (broad SMARTS) is 1. The molecule has 0 spiro atoms. The van der Waals surface area contributed by atoms with Crippen molar-refractivity contribution >= 4 is 29.3 Å². The normalized spacial score (nSPS) is 16.5. The summed E-state index contributed by atoms with van der Waals surface area (Å²) in [5.41, 5.74) is 0.861. The van der Waals surface area contributed by atoms with Crippen LogP contribution in [0.5, 0.6) is 0 Å². The summed E-state index contributed by atoms with van der Waals surface area (Å²) in [4.78, 5) is 23.2. The predicted molar refractivity (Wildman–Crippen MR) is 81.8 cm³/mol. The Morgan fingerprint density at radius 1 is 1.33 bits per heavy atom. The van der Waals surface area contributed by atoms with Gasteiger partial charge >= 0.3 is 12.0 Å². The van der Waals surface area contributed by atoms with Crippen LogP contribution in [0, 0.1) is 6.92 Å². The number of carboxylic acids is 1. The van der Waals surface area contributed by atoms with Gasteiger partial charge in [-0.1, -0.05) is 30.5 Å². The summed E-state index contributed by atoms with van der Waals surface area (Å²) >= 11 is 6.04. The lowest BCUT2D eigenvalue weighted by Crippen LogP contribution is -2.49. The van der Waals surface area contributed by atoms with Crippen molar-refractivity contribution < 1.29 is 14.7 Å². The predicted octanol–water partition coefficient (Wildman–Crippen LogP) is 3.56. The maximum absolute atomic E-state index is 12.1. The largest absolute Gasteiger partial charge is 0.481 e. The van der Waals surface area contributed by atoms with Crippen LogP contribution in [-0.4, -0.2) is 22.6 Å². The van der Waals surface area contributed by atoms with Crippen molar-refractivity contribution in [2.75, 3.05) is 5.32 Å². The van der Waals surface area contributed by atoms with Gasteiger partial charge in [0.25, 0.3) is 0 Å². The van der Waals surface area contributed by atoms with Crippen LogP contribution in [0.4, 0.5) is 10.5 Å². The highest BCUT2D eigenvalue weighted by molar-refractivity contribution is 6.33. The van der Waals surface area contributed by atoms with E-state index in [2.05, 4.69) is 10.6 Å². The molecule has 0 unspecified atom stereocenters. The van der Waals surface area contributed by atoms with E-state index in [0.29, 0.717) is 23.6 Å². The van der Waals surface area contributed by atoms with Crippen LogP contribution >= 0.6 is 11.6 Å². The molecule has 3 N–H and O–H groups in total. The molecule has 5 nitrogen and oxygen atoms in total. The van der Waals surface area contributed by atoms with E-state index in [0.717, 1.165) is 18.4 Å². The Morgan fingerprint density at radius 2 is 2.00 bits per heavy atom. The van der Waals surface area contributed by atoms with Crippen molar-refractivity contribution in [3.8, 4) is 0 Å². The lowest BCUT2D eigenvalue weighted by atomic mass is 9.93. The Bertz CT molecular complexity index is 554. The van der Waals surface area contributed by atoms with Crippen LogP contribution in [0.3, 0.4) is 0 Å². The van der Waals surface area contributed by atoms with E-state index in [1.807, 2.05) is 13.0 Å². The Kier molecular flexibility index (Phi) is 4.73. The molecule has 1 aromatic rings. The molecule has 0 saturated heterocycles. The second-order valence-corrected chi connectivity index (χ2v) is 6.03. The fourth-order valence-corrected chi connectivity index (χ4v) is 2.98. The average Bonchev–Trinajstić information content (AvgIpc) is 2.80. The zero-order valence-electron chi connectivity index (χ0n) is 11.9. The van der Waals surface area contributed by atoms with Gasteiger partial charge in [-0.2, -0.15) is 0 Å². The molecule has 1 aliphatic rings. The summed E-state index contributed by atoms with van der Waals surface area (Å²) in [5.74, 6) is -0.897. The van der Waals surface area contributed by atoms with Crippen LogP contribution in [0.2, 0.25) is 5.02 Å². The second kappa shape index (κ2) is 6.35. The topological polar surface area (TPSA) is 78.4 Å². The van der Waals surface area contributed by atoms with E-state index in [9.17, 15) is 9.59 Å². The Morgan fingerprint density at radius 3 is 2.62 bits per heavy atom. The van der Waals surface area contributed by atoms with Gasteiger partial charge in [0.2, 0.25) is 0 Å². The number of amides is 2. The number of anilines is 1. The lowest BCUT2D eigenvalue weighted by molar-refractivity contribution is -0.138. The SMILES string of the molecule is Cc1ccc(Cl)c(NC(=O)NC2(CC(=O)O)CCCC2)c1. The number of carbonyl (C=O) groups is 2. The molecule has 0 aromatic heterocycles. The number of benzene rings is 1. The molecule has 1 aromatic carbocycles. The first-order valence-electron chi connectivity index (χ1n) is 6.97. The molecular formula is C15H19ClN2O3. The van der Waals surface area contributed by atoms with E-state index in [1.54, 1.807) is 12.1 Å². The van der Waals surface area contributed by atoms with Crippen LogP contribution in [0.15, 0.2) is 18.2 Å². The van der Waals surface area contributed by atoms with Gasteiger partial charge in [-0.15, -0.1) is 0 Å². The van der Waals surface area contributed by atoms with Gasteiger partial charge in [0.05, 0.1) is 22.7 Å². The number of halogens is 1. The smallest absolute Gasteiger partial charge is 0.319 e. The summed E-state index contributed by atoms with van der Waals surface area (Å²) in [6.45, 7) is 1.91. The van der Waals surface area contributed by atoms with Crippen molar-refractivity contribution in [1.29, 1.82) is 0 Å². The van der Waals surface area contributed by atoms with Gasteiger partial charge in [0.15, 0.2) is 0 Å².